The number of hydrogen-bond acceptors (Lipinski definition) is 2. The fraction of sp³-hybridized carbons (Fsp3) is 0.778. The molecule has 0 aliphatic heterocycles. The minimum atomic E-state index is -3.40. The van der Waals surface area contributed by atoms with Crippen LogP contribution in [0.25, 0.3) is 0 Å². The van der Waals surface area contributed by atoms with Gasteiger partial charge in [-0.05, 0) is 12.8 Å². The summed E-state index contributed by atoms with van der Waals surface area (Å²) < 4.78 is 27.3. The molecule has 0 saturated carbocycles. The molecule has 0 unspecified atom stereocenters. The van der Waals surface area contributed by atoms with Crippen molar-refractivity contribution < 1.29 is 8.42 Å². The Morgan fingerprint density at radius 1 is 1.33 bits per heavy atom. The zero-order valence-electron chi connectivity index (χ0n) is 9.29. The molecular formula is C9H19ClN2O2S. The van der Waals surface area contributed by atoms with E-state index in [-0.39, 0.29) is 11.6 Å². The summed E-state index contributed by atoms with van der Waals surface area (Å²) in [5.41, 5.74) is 0. The van der Waals surface area contributed by atoms with E-state index in [0.29, 0.717) is 13.1 Å². The third kappa shape index (κ3) is 6.14. The van der Waals surface area contributed by atoms with Crippen LogP contribution in [0.4, 0.5) is 0 Å². The minimum Gasteiger partial charge on any atom is -0.197 e. The van der Waals surface area contributed by atoms with Gasteiger partial charge in [-0.3, -0.25) is 0 Å². The Labute approximate surface area is 97.5 Å². The molecule has 0 atom stereocenters. The molecule has 0 aromatic carbocycles. The van der Waals surface area contributed by atoms with Crippen molar-refractivity contribution >= 4 is 21.8 Å². The van der Waals surface area contributed by atoms with Crippen LogP contribution in [0.5, 0.6) is 0 Å². The topological polar surface area (TPSA) is 49.4 Å². The molecule has 0 saturated heterocycles. The molecular weight excluding hydrogens is 236 g/mol. The quantitative estimate of drug-likeness (QED) is 0.717. The second-order valence-corrected chi connectivity index (χ2v) is 5.53. The van der Waals surface area contributed by atoms with Gasteiger partial charge in [-0.1, -0.05) is 32.0 Å². The first-order chi connectivity index (χ1) is 6.94. The van der Waals surface area contributed by atoms with Gasteiger partial charge in [0.1, 0.15) is 0 Å². The molecule has 0 rings (SSSR count). The van der Waals surface area contributed by atoms with Gasteiger partial charge in [0.05, 0.1) is 0 Å². The Hall–Kier alpha value is -0.100. The SMILES string of the molecule is C=C(Cl)CNS(=O)(=O)N(CCC)CCC. The standard InChI is InChI=1S/C9H19ClN2O2S/c1-4-6-12(7-5-2)15(13,14)11-8-9(3)10/h11H,3-8H2,1-2H3. The summed E-state index contributed by atoms with van der Waals surface area (Å²) in [4.78, 5) is 0. The Bertz CT molecular complexity index is 284. The van der Waals surface area contributed by atoms with Gasteiger partial charge in [0.25, 0.3) is 10.2 Å². The minimum absolute atomic E-state index is 0.0772. The molecule has 90 valence electrons. The third-order valence-corrected chi connectivity index (χ3v) is 3.42. The number of halogens is 1. The highest BCUT2D eigenvalue weighted by atomic mass is 35.5. The predicted octanol–water partition coefficient (Wildman–Crippen LogP) is 1.70. The first kappa shape index (κ1) is 14.9. The molecule has 6 heteroatoms. The monoisotopic (exact) mass is 254 g/mol. The molecule has 0 aliphatic carbocycles. The molecule has 15 heavy (non-hydrogen) atoms. The van der Waals surface area contributed by atoms with Crippen LogP contribution in [0, 0.1) is 0 Å². The lowest BCUT2D eigenvalue weighted by Crippen LogP contribution is -2.41. The van der Waals surface area contributed by atoms with Gasteiger partial charge in [0, 0.05) is 24.7 Å². The lowest BCUT2D eigenvalue weighted by molar-refractivity contribution is 0.403. The van der Waals surface area contributed by atoms with E-state index >= 15 is 0 Å². The molecule has 0 amide bonds. The summed E-state index contributed by atoms with van der Waals surface area (Å²) in [6.45, 7) is 8.44. The zero-order valence-corrected chi connectivity index (χ0v) is 10.9. The van der Waals surface area contributed by atoms with Gasteiger partial charge in [-0.15, -0.1) is 0 Å². The Morgan fingerprint density at radius 2 is 1.80 bits per heavy atom. The Kier molecular flexibility index (Phi) is 7.17. The first-order valence-electron chi connectivity index (χ1n) is 5.02. The van der Waals surface area contributed by atoms with Gasteiger partial charge in [-0.25, -0.2) is 0 Å². The lowest BCUT2D eigenvalue weighted by Gasteiger charge is -2.20. The molecule has 0 heterocycles. The van der Waals surface area contributed by atoms with Crippen molar-refractivity contribution in [2.75, 3.05) is 19.6 Å². The van der Waals surface area contributed by atoms with E-state index < -0.39 is 10.2 Å². The van der Waals surface area contributed by atoms with E-state index in [2.05, 4.69) is 11.3 Å². The van der Waals surface area contributed by atoms with Crippen molar-refractivity contribution in [1.82, 2.24) is 9.03 Å². The summed E-state index contributed by atoms with van der Waals surface area (Å²) in [6.07, 6.45) is 1.59. The van der Waals surface area contributed by atoms with E-state index in [9.17, 15) is 8.42 Å². The maximum absolute atomic E-state index is 11.7. The maximum atomic E-state index is 11.7. The summed E-state index contributed by atoms with van der Waals surface area (Å²) in [5.74, 6) is 0. The Morgan fingerprint density at radius 3 is 2.13 bits per heavy atom. The maximum Gasteiger partial charge on any atom is 0.279 e. The van der Waals surface area contributed by atoms with Crippen molar-refractivity contribution in [2.45, 2.75) is 26.7 Å². The van der Waals surface area contributed by atoms with E-state index in [1.54, 1.807) is 0 Å². The molecule has 1 N–H and O–H groups in total. The van der Waals surface area contributed by atoms with Gasteiger partial charge in [0.15, 0.2) is 0 Å². The summed E-state index contributed by atoms with van der Waals surface area (Å²) in [6, 6.07) is 0. The molecule has 4 nitrogen and oxygen atoms in total. The number of nitrogens with one attached hydrogen (secondary N) is 1. The highest BCUT2D eigenvalue weighted by Crippen LogP contribution is 2.03. The van der Waals surface area contributed by atoms with Crippen molar-refractivity contribution in [1.29, 1.82) is 0 Å². The van der Waals surface area contributed by atoms with Gasteiger partial charge in [0.2, 0.25) is 0 Å². The van der Waals surface area contributed by atoms with Crippen LogP contribution in [0.15, 0.2) is 11.6 Å². The van der Waals surface area contributed by atoms with Crippen LogP contribution in [-0.2, 0) is 10.2 Å². The van der Waals surface area contributed by atoms with Gasteiger partial charge >= 0.3 is 0 Å². The first-order valence-corrected chi connectivity index (χ1v) is 6.83. The van der Waals surface area contributed by atoms with Crippen LogP contribution in [0.1, 0.15) is 26.7 Å². The molecule has 0 aromatic rings. The average molecular weight is 255 g/mol. The fourth-order valence-corrected chi connectivity index (χ4v) is 2.64. The van der Waals surface area contributed by atoms with Crippen LogP contribution in [0.2, 0.25) is 0 Å². The largest absolute Gasteiger partial charge is 0.279 e. The third-order valence-electron chi connectivity index (χ3n) is 1.73. The molecule has 0 bridgehead atoms. The van der Waals surface area contributed by atoms with E-state index in [1.807, 2.05) is 13.8 Å². The Balaban J connectivity index is 4.42. The molecule has 0 fully saturated rings. The van der Waals surface area contributed by atoms with E-state index in [1.165, 1.54) is 4.31 Å². The van der Waals surface area contributed by atoms with E-state index in [0.717, 1.165) is 12.8 Å². The average Bonchev–Trinajstić information content (AvgIpc) is 2.15. The summed E-state index contributed by atoms with van der Waals surface area (Å²) >= 11 is 5.50. The van der Waals surface area contributed by atoms with Crippen LogP contribution >= 0.6 is 11.6 Å². The van der Waals surface area contributed by atoms with Crippen molar-refractivity contribution in [2.24, 2.45) is 0 Å². The highest BCUT2D eigenvalue weighted by molar-refractivity contribution is 7.87. The molecule has 0 aliphatic rings. The second kappa shape index (κ2) is 7.22. The van der Waals surface area contributed by atoms with Crippen LogP contribution in [-0.4, -0.2) is 32.4 Å². The normalized spacial score (nSPS) is 12.0. The summed E-state index contributed by atoms with van der Waals surface area (Å²) in [7, 11) is -3.40. The molecule has 0 radical (unpaired) electrons. The molecule has 0 aromatic heterocycles. The highest BCUT2D eigenvalue weighted by Gasteiger charge is 2.19. The van der Waals surface area contributed by atoms with Crippen molar-refractivity contribution in [3.8, 4) is 0 Å². The zero-order chi connectivity index (χ0) is 11.9. The number of hydrogen-bond donors (Lipinski definition) is 1. The molecule has 0 spiro atoms. The predicted molar refractivity (Wildman–Crippen MR) is 64.1 cm³/mol. The fourth-order valence-electron chi connectivity index (χ4n) is 1.11. The summed E-state index contributed by atoms with van der Waals surface area (Å²) in [5, 5.41) is 0.284. The van der Waals surface area contributed by atoms with Crippen molar-refractivity contribution in [3.63, 3.8) is 0 Å². The van der Waals surface area contributed by atoms with Crippen LogP contribution in [0.3, 0.4) is 0 Å². The van der Waals surface area contributed by atoms with Crippen molar-refractivity contribution in [3.05, 3.63) is 11.6 Å². The lowest BCUT2D eigenvalue weighted by atomic mass is 10.4. The van der Waals surface area contributed by atoms with Gasteiger partial charge in [-0.2, -0.15) is 17.4 Å². The van der Waals surface area contributed by atoms with Gasteiger partial charge < -0.3 is 0 Å². The number of nitrogens with zero attached hydrogens (tertiary/aromatic N) is 1. The van der Waals surface area contributed by atoms with Crippen LogP contribution < -0.4 is 4.72 Å². The van der Waals surface area contributed by atoms with E-state index in [4.69, 9.17) is 11.6 Å². The number of rotatable bonds is 8. The second-order valence-electron chi connectivity index (χ2n) is 3.24. The smallest absolute Gasteiger partial charge is 0.197 e.